The zero-order valence-corrected chi connectivity index (χ0v) is 10.9. The molecule has 0 bridgehead atoms. The second kappa shape index (κ2) is 5.20. The first-order valence-corrected chi connectivity index (χ1v) is 5.80. The number of amides is 1. The van der Waals surface area contributed by atoms with Crippen LogP contribution in [0.5, 0.6) is 0 Å². The van der Waals surface area contributed by atoms with E-state index < -0.39 is 5.41 Å². The number of nitriles is 1. The third-order valence-electron chi connectivity index (χ3n) is 2.97. The van der Waals surface area contributed by atoms with Gasteiger partial charge in [-0.1, -0.05) is 24.6 Å². The van der Waals surface area contributed by atoms with Gasteiger partial charge in [0, 0.05) is 10.7 Å². The lowest BCUT2D eigenvalue weighted by Gasteiger charge is -2.19. The Bertz CT molecular complexity index is 479. The molecule has 0 aliphatic rings. The van der Waals surface area contributed by atoms with E-state index in [0.717, 1.165) is 5.56 Å². The van der Waals surface area contributed by atoms with Crippen LogP contribution in [0.15, 0.2) is 18.2 Å². The monoisotopic (exact) mass is 250 g/mol. The summed E-state index contributed by atoms with van der Waals surface area (Å²) in [5.74, 6) is -0.298. The number of carbonyl (C=O) groups excluding carboxylic acids is 1. The topological polar surface area (TPSA) is 52.9 Å². The highest BCUT2D eigenvalue weighted by Gasteiger charge is 2.31. The van der Waals surface area contributed by atoms with E-state index in [2.05, 4.69) is 5.32 Å². The number of nitrogens with one attached hydrogen (secondary N) is 1. The minimum Gasteiger partial charge on any atom is -0.324 e. The summed E-state index contributed by atoms with van der Waals surface area (Å²) in [6.07, 6.45) is 0.467. The molecular weight excluding hydrogens is 236 g/mol. The fourth-order valence-electron chi connectivity index (χ4n) is 1.29. The van der Waals surface area contributed by atoms with Crippen LogP contribution < -0.4 is 5.32 Å². The lowest BCUT2D eigenvalue weighted by Crippen LogP contribution is -2.31. The van der Waals surface area contributed by atoms with Gasteiger partial charge in [-0.25, -0.2) is 0 Å². The second-order valence-electron chi connectivity index (χ2n) is 4.16. The van der Waals surface area contributed by atoms with Gasteiger partial charge in [0.25, 0.3) is 0 Å². The van der Waals surface area contributed by atoms with Gasteiger partial charge >= 0.3 is 0 Å². The summed E-state index contributed by atoms with van der Waals surface area (Å²) >= 11 is 5.96. The third kappa shape index (κ3) is 2.78. The van der Waals surface area contributed by atoms with Crippen molar-refractivity contribution in [1.82, 2.24) is 0 Å². The van der Waals surface area contributed by atoms with Crippen LogP contribution in [-0.2, 0) is 4.79 Å². The van der Waals surface area contributed by atoms with Crippen molar-refractivity contribution < 1.29 is 4.79 Å². The highest BCUT2D eigenvalue weighted by Crippen LogP contribution is 2.26. The van der Waals surface area contributed by atoms with Crippen LogP contribution in [0.3, 0.4) is 0 Å². The summed E-state index contributed by atoms with van der Waals surface area (Å²) < 4.78 is 0. The SMILES string of the molecule is CCC(C)(C#N)C(=O)Nc1cccc(Cl)c1C. The molecule has 0 heterocycles. The second-order valence-corrected chi connectivity index (χ2v) is 4.57. The van der Waals surface area contributed by atoms with Gasteiger partial charge in [-0.15, -0.1) is 0 Å². The zero-order valence-electron chi connectivity index (χ0n) is 10.2. The third-order valence-corrected chi connectivity index (χ3v) is 3.38. The van der Waals surface area contributed by atoms with Crippen LogP contribution in [0, 0.1) is 23.7 Å². The summed E-state index contributed by atoms with van der Waals surface area (Å²) in [6.45, 7) is 5.27. The van der Waals surface area contributed by atoms with Gasteiger partial charge in [0.15, 0.2) is 0 Å². The Morgan fingerprint density at radius 3 is 2.76 bits per heavy atom. The molecule has 1 amide bonds. The van der Waals surface area contributed by atoms with Crippen LogP contribution in [0.25, 0.3) is 0 Å². The molecule has 3 nitrogen and oxygen atoms in total. The van der Waals surface area contributed by atoms with Crippen molar-refractivity contribution in [3.63, 3.8) is 0 Å². The number of halogens is 1. The van der Waals surface area contributed by atoms with Gasteiger partial charge in [0.2, 0.25) is 5.91 Å². The zero-order chi connectivity index (χ0) is 13.1. The summed E-state index contributed by atoms with van der Waals surface area (Å²) in [4.78, 5) is 12.0. The van der Waals surface area contributed by atoms with Crippen LogP contribution in [0.2, 0.25) is 5.02 Å². The van der Waals surface area contributed by atoms with E-state index in [0.29, 0.717) is 17.1 Å². The Balaban J connectivity index is 2.97. The maximum atomic E-state index is 12.0. The number of benzene rings is 1. The predicted octanol–water partition coefficient (Wildman–Crippen LogP) is 3.53. The van der Waals surface area contributed by atoms with Gasteiger partial charge in [-0.2, -0.15) is 5.26 Å². The van der Waals surface area contributed by atoms with Gasteiger partial charge in [-0.3, -0.25) is 4.79 Å². The summed E-state index contributed by atoms with van der Waals surface area (Å²) in [5, 5.41) is 12.4. The molecule has 4 heteroatoms. The van der Waals surface area contributed by atoms with Crippen molar-refractivity contribution in [3.8, 4) is 6.07 Å². The van der Waals surface area contributed by atoms with E-state index in [1.807, 2.05) is 19.9 Å². The Hall–Kier alpha value is -1.53. The number of hydrogen-bond acceptors (Lipinski definition) is 2. The Morgan fingerprint density at radius 1 is 1.59 bits per heavy atom. The van der Waals surface area contributed by atoms with Crippen molar-refractivity contribution in [3.05, 3.63) is 28.8 Å². The molecule has 0 saturated carbocycles. The van der Waals surface area contributed by atoms with Crippen molar-refractivity contribution >= 4 is 23.2 Å². The maximum absolute atomic E-state index is 12.0. The molecule has 17 heavy (non-hydrogen) atoms. The lowest BCUT2D eigenvalue weighted by atomic mass is 9.88. The molecule has 1 aromatic carbocycles. The summed E-state index contributed by atoms with van der Waals surface area (Å²) in [5.41, 5.74) is 0.450. The first kappa shape index (κ1) is 13.5. The first-order chi connectivity index (χ1) is 7.94. The number of hydrogen-bond donors (Lipinski definition) is 1. The standard InChI is InChI=1S/C13H15ClN2O/c1-4-13(3,8-15)12(17)16-11-7-5-6-10(14)9(11)2/h5-7H,4H2,1-3H3,(H,16,17). The molecule has 0 aliphatic heterocycles. The average molecular weight is 251 g/mol. The van der Waals surface area contributed by atoms with Crippen molar-refractivity contribution in [1.29, 1.82) is 5.26 Å². The number of carbonyl (C=O) groups is 1. The van der Waals surface area contributed by atoms with Crippen molar-refractivity contribution in [2.75, 3.05) is 5.32 Å². The van der Waals surface area contributed by atoms with Crippen LogP contribution in [0.1, 0.15) is 25.8 Å². The Kier molecular flexibility index (Phi) is 4.14. The molecule has 1 rings (SSSR count). The molecular formula is C13H15ClN2O. The van der Waals surface area contributed by atoms with Crippen molar-refractivity contribution in [2.45, 2.75) is 27.2 Å². The van der Waals surface area contributed by atoms with E-state index in [9.17, 15) is 4.79 Å². The molecule has 1 unspecified atom stereocenters. The first-order valence-electron chi connectivity index (χ1n) is 5.42. The Labute approximate surface area is 106 Å². The van der Waals surface area contributed by atoms with Crippen LogP contribution in [0.4, 0.5) is 5.69 Å². The van der Waals surface area contributed by atoms with Gasteiger partial charge in [0.05, 0.1) is 6.07 Å². The minimum atomic E-state index is -1.01. The molecule has 0 aromatic heterocycles. The predicted molar refractivity (Wildman–Crippen MR) is 68.8 cm³/mol. The highest BCUT2D eigenvalue weighted by molar-refractivity contribution is 6.31. The van der Waals surface area contributed by atoms with Crippen LogP contribution in [-0.4, -0.2) is 5.91 Å². The summed E-state index contributed by atoms with van der Waals surface area (Å²) in [6, 6.07) is 7.33. The number of rotatable bonds is 3. The minimum absolute atomic E-state index is 0.298. The summed E-state index contributed by atoms with van der Waals surface area (Å²) in [7, 11) is 0. The number of nitrogens with zero attached hydrogens (tertiary/aromatic N) is 1. The van der Waals surface area contributed by atoms with Gasteiger partial charge < -0.3 is 5.32 Å². The molecule has 0 aliphatic carbocycles. The molecule has 1 atom stereocenters. The van der Waals surface area contributed by atoms with Crippen molar-refractivity contribution in [2.24, 2.45) is 5.41 Å². The largest absolute Gasteiger partial charge is 0.324 e. The quantitative estimate of drug-likeness (QED) is 0.892. The molecule has 0 saturated heterocycles. The fraction of sp³-hybridized carbons (Fsp3) is 0.385. The molecule has 0 fully saturated rings. The van der Waals surface area contributed by atoms with E-state index in [1.165, 1.54) is 0 Å². The Morgan fingerprint density at radius 2 is 2.24 bits per heavy atom. The smallest absolute Gasteiger partial charge is 0.244 e. The highest BCUT2D eigenvalue weighted by atomic mass is 35.5. The van der Waals surface area contributed by atoms with Gasteiger partial charge in [0.1, 0.15) is 5.41 Å². The van der Waals surface area contributed by atoms with Crippen LogP contribution >= 0.6 is 11.6 Å². The van der Waals surface area contributed by atoms with E-state index in [-0.39, 0.29) is 5.91 Å². The number of anilines is 1. The fourth-order valence-corrected chi connectivity index (χ4v) is 1.47. The molecule has 1 aromatic rings. The molecule has 1 N–H and O–H groups in total. The average Bonchev–Trinajstić information content (AvgIpc) is 2.33. The normalized spacial score (nSPS) is 13.6. The van der Waals surface area contributed by atoms with Gasteiger partial charge in [-0.05, 0) is 38.0 Å². The van der Waals surface area contributed by atoms with E-state index in [1.54, 1.807) is 25.1 Å². The molecule has 0 spiro atoms. The van der Waals surface area contributed by atoms with E-state index in [4.69, 9.17) is 16.9 Å². The van der Waals surface area contributed by atoms with E-state index >= 15 is 0 Å². The maximum Gasteiger partial charge on any atom is 0.244 e. The lowest BCUT2D eigenvalue weighted by molar-refractivity contribution is -0.122. The molecule has 0 radical (unpaired) electrons. The molecule has 90 valence electrons.